The van der Waals surface area contributed by atoms with E-state index < -0.39 is 0 Å². The van der Waals surface area contributed by atoms with Gasteiger partial charge in [0, 0.05) is 18.2 Å². The number of benzene rings is 3. The van der Waals surface area contributed by atoms with Gasteiger partial charge in [0.1, 0.15) is 12.4 Å². The van der Waals surface area contributed by atoms with Gasteiger partial charge in [-0.15, -0.1) is 0 Å². The molecule has 0 fully saturated rings. The Morgan fingerprint density at radius 3 is 2.24 bits per heavy atom. The first-order valence-electron chi connectivity index (χ1n) is 12.5. The minimum Gasteiger partial charge on any atom is -0.367 e. The van der Waals surface area contributed by atoms with Crippen LogP contribution in [0.15, 0.2) is 97.1 Å². The first-order chi connectivity index (χ1) is 18.1. The number of ether oxygens (including phenoxy) is 1. The molecule has 7 nitrogen and oxygen atoms in total. The van der Waals surface area contributed by atoms with Gasteiger partial charge in [-0.1, -0.05) is 92.2 Å². The smallest absolute Gasteiger partial charge is 0.249 e. The second-order valence-electron chi connectivity index (χ2n) is 8.72. The van der Waals surface area contributed by atoms with E-state index in [0.717, 1.165) is 35.3 Å². The number of aromatic nitrogens is 2. The zero-order chi connectivity index (χ0) is 25.9. The average Bonchev–Trinajstić information content (AvgIpc) is 3.36. The molecule has 0 saturated heterocycles. The summed E-state index contributed by atoms with van der Waals surface area (Å²) < 4.78 is 7.34. The SMILES string of the molecule is CCCCN(CC(=O)Nc1cc(-c2ccccc2)nn1-c1ccccc1)C(=O)COCc1ccccc1. The Hall–Kier alpha value is -4.23. The van der Waals surface area contributed by atoms with Crippen LogP contribution in [0.2, 0.25) is 0 Å². The van der Waals surface area contributed by atoms with Crippen molar-refractivity contribution in [2.24, 2.45) is 0 Å². The van der Waals surface area contributed by atoms with Gasteiger partial charge in [-0.3, -0.25) is 9.59 Å². The summed E-state index contributed by atoms with van der Waals surface area (Å²) in [6, 6.07) is 31.0. The van der Waals surface area contributed by atoms with Gasteiger partial charge in [0.25, 0.3) is 0 Å². The van der Waals surface area contributed by atoms with Crippen molar-refractivity contribution in [2.75, 3.05) is 25.0 Å². The maximum atomic E-state index is 13.1. The Morgan fingerprint density at radius 2 is 1.57 bits per heavy atom. The monoisotopic (exact) mass is 496 g/mol. The van der Waals surface area contributed by atoms with Crippen LogP contribution in [0.4, 0.5) is 5.82 Å². The molecule has 0 atom stereocenters. The quantitative estimate of drug-likeness (QED) is 0.288. The van der Waals surface area contributed by atoms with E-state index in [1.807, 2.05) is 97.1 Å². The Bertz CT molecular complexity index is 1270. The topological polar surface area (TPSA) is 76.5 Å². The summed E-state index contributed by atoms with van der Waals surface area (Å²) in [5, 5.41) is 7.71. The third-order valence-electron chi connectivity index (χ3n) is 5.85. The molecule has 0 aliphatic carbocycles. The Balaban J connectivity index is 1.46. The molecule has 37 heavy (non-hydrogen) atoms. The van der Waals surface area contributed by atoms with Gasteiger partial charge < -0.3 is 15.0 Å². The molecule has 0 saturated carbocycles. The zero-order valence-electron chi connectivity index (χ0n) is 21.0. The molecule has 0 aliphatic heterocycles. The van der Waals surface area contributed by atoms with Gasteiger partial charge in [0.2, 0.25) is 11.8 Å². The molecular formula is C30H32N4O3. The van der Waals surface area contributed by atoms with Crippen LogP contribution in [0.3, 0.4) is 0 Å². The van der Waals surface area contributed by atoms with Crippen LogP contribution in [-0.4, -0.2) is 46.2 Å². The molecule has 1 aromatic heterocycles. The molecule has 1 heterocycles. The molecular weight excluding hydrogens is 464 g/mol. The first-order valence-corrected chi connectivity index (χ1v) is 12.5. The maximum absolute atomic E-state index is 13.1. The molecule has 4 aromatic rings. The van der Waals surface area contributed by atoms with Crippen LogP contribution in [0.5, 0.6) is 0 Å². The molecule has 0 bridgehead atoms. The maximum Gasteiger partial charge on any atom is 0.249 e. The predicted octanol–water partition coefficient (Wildman–Crippen LogP) is 5.32. The third-order valence-corrected chi connectivity index (χ3v) is 5.85. The van der Waals surface area contributed by atoms with E-state index in [9.17, 15) is 9.59 Å². The standard InChI is InChI=1S/C30H32N4O3/c1-2-3-19-33(30(36)23-37-22-24-13-7-4-8-14-24)21-29(35)31-28-20-27(25-15-9-5-10-16-25)32-34(28)26-17-11-6-12-18-26/h4-18,20H,2-3,19,21-23H2,1H3,(H,31,35). The second kappa shape index (κ2) is 13.2. The number of hydrogen-bond donors (Lipinski definition) is 1. The van der Waals surface area contributed by atoms with E-state index in [1.165, 1.54) is 0 Å². The highest BCUT2D eigenvalue weighted by Crippen LogP contribution is 2.24. The van der Waals surface area contributed by atoms with Gasteiger partial charge in [-0.25, -0.2) is 4.68 Å². The fourth-order valence-electron chi connectivity index (χ4n) is 3.90. The van der Waals surface area contributed by atoms with E-state index >= 15 is 0 Å². The van der Waals surface area contributed by atoms with Crippen LogP contribution in [0, 0.1) is 0 Å². The molecule has 3 aromatic carbocycles. The molecule has 4 rings (SSSR count). The number of hydrogen-bond acceptors (Lipinski definition) is 4. The first kappa shape index (κ1) is 25.9. The zero-order valence-corrected chi connectivity index (χ0v) is 21.0. The van der Waals surface area contributed by atoms with Gasteiger partial charge in [0.15, 0.2) is 0 Å². The van der Waals surface area contributed by atoms with Crippen molar-refractivity contribution >= 4 is 17.6 Å². The van der Waals surface area contributed by atoms with Crippen molar-refractivity contribution in [3.63, 3.8) is 0 Å². The normalized spacial score (nSPS) is 10.7. The van der Waals surface area contributed by atoms with Crippen molar-refractivity contribution in [1.29, 1.82) is 0 Å². The number of para-hydroxylation sites is 1. The van der Waals surface area contributed by atoms with Gasteiger partial charge in [0.05, 0.1) is 24.5 Å². The van der Waals surface area contributed by atoms with Crippen LogP contribution in [-0.2, 0) is 20.9 Å². The summed E-state index contributed by atoms with van der Waals surface area (Å²) in [5.74, 6) is 0.0450. The highest BCUT2D eigenvalue weighted by molar-refractivity contribution is 5.94. The number of nitrogens with one attached hydrogen (secondary N) is 1. The Morgan fingerprint density at radius 1 is 0.919 bits per heavy atom. The van der Waals surface area contributed by atoms with E-state index in [1.54, 1.807) is 9.58 Å². The van der Waals surface area contributed by atoms with Crippen LogP contribution >= 0.6 is 0 Å². The number of carbonyl (C=O) groups is 2. The van der Waals surface area contributed by atoms with Crippen LogP contribution in [0.25, 0.3) is 16.9 Å². The largest absolute Gasteiger partial charge is 0.367 e. The van der Waals surface area contributed by atoms with Crippen molar-refractivity contribution in [2.45, 2.75) is 26.4 Å². The molecule has 0 radical (unpaired) electrons. The molecule has 1 N–H and O–H groups in total. The van der Waals surface area contributed by atoms with Crippen molar-refractivity contribution in [3.8, 4) is 16.9 Å². The van der Waals surface area contributed by atoms with Crippen LogP contribution in [0.1, 0.15) is 25.3 Å². The summed E-state index contributed by atoms with van der Waals surface area (Å²) in [4.78, 5) is 27.6. The Labute approximate surface area is 217 Å². The van der Waals surface area contributed by atoms with Gasteiger partial charge in [-0.05, 0) is 24.1 Å². The van der Waals surface area contributed by atoms with E-state index in [-0.39, 0.29) is 25.0 Å². The number of rotatable bonds is 12. The summed E-state index contributed by atoms with van der Waals surface area (Å²) >= 11 is 0. The summed E-state index contributed by atoms with van der Waals surface area (Å²) in [7, 11) is 0. The highest BCUT2D eigenvalue weighted by Gasteiger charge is 2.19. The predicted molar refractivity (Wildman–Crippen MR) is 145 cm³/mol. The lowest BCUT2D eigenvalue weighted by molar-refractivity contribution is -0.139. The van der Waals surface area contributed by atoms with E-state index in [2.05, 4.69) is 12.2 Å². The van der Waals surface area contributed by atoms with E-state index in [4.69, 9.17) is 9.84 Å². The molecule has 2 amide bonds. The molecule has 7 heteroatoms. The number of nitrogens with zero attached hydrogens (tertiary/aromatic N) is 3. The molecule has 0 spiro atoms. The minimum atomic E-state index is -0.288. The number of carbonyl (C=O) groups excluding carboxylic acids is 2. The van der Waals surface area contributed by atoms with Crippen molar-refractivity contribution in [3.05, 3.63) is 103 Å². The Kier molecular flexibility index (Phi) is 9.21. The van der Waals surface area contributed by atoms with Gasteiger partial charge in [-0.2, -0.15) is 5.10 Å². The number of anilines is 1. The van der Waals surface area contributed by atoms with Crippen molar-refractivity contribution in [1.82, 2.24) is 14.7 Å². The number of unbranched alkanes of at least 4 members (excludes halogenated alkanes) is 1. The van der Waals surface area contributed by atoms with E-state index in [0.29, 0.717) is 19.0 Å². The second-order valence-corrected chi connectivity index (χ2v) is 8.72. The lowest BCUT2D eigenvalue weighted by atomic mass is 10.1. The fourth-order valence-corrected chi connectivity index (χ4v) is 3.90. The molecule has 0 aliphatic rings. The average molecular weight is 497 g/mol. The van der Waals surface area contributed by atoms with Crippen molar-refractivity contribution < 1.29 is 14.3 Å². The third kappa shape index (κ3) is 7.38. The molecule has 0 unspecified atom stereocenters. The number of amides is 2. The lowest BCUT2D eigenvalue weighted by Gasteiger charge is -2.22. The van der Waals surface area contributed by atoms with Crippen LogP contribution < -0.4 is 5.32 Å². The highest BCUT2D eigenvalue weighted by atomic mass is 16.5. The summed E-state index contributed by atoms with van der Waals surface area (Å²) in [6.45, 7) is 2.75. The molecule has 190 valence electrons. The van der Waals surface area contributed by atoms with Gasteiger partial charge >= 0.3 is 0 Å². The minimum absolute atomic E-state index is 0.0613. The fraction of sp³-hybridized carbons (Fsp3) is 0.233. The summed E-state index contributed by atoms with van der Waals surface area (Å²) in [5.41, 5.74) is 3.51. The summed E-state index contributed by atoms with van der Waals surface area (Å²) in [6.07, 6.45) is 1.72. The lowest BCUT2D eigenvalue weighted by Crippen LogP contribution is -2.40.